The van der Waals surface area contributed by atoms with Gasteiger partial charge >= 0.3 is 0 Å². The van der Waals surface area contributed by atoms with Gasteiger partial charge in [0.1, 0.15) is 11.6 Å². The highest BCUT2D eigenvalue weighted by atomic mass is 16.6. The number of nitrogens with zero attached hydrogens (tertiary/aromatic N) is 4. The quantitative estimate of drug-likeness (QED) is 0.665. The van der Waals surface area contributed by atoms with Crippen molar-refractivity contribution in [2.24, 2.45) is 0 Å². The van der Waals surface area contributed by atoms with E-state index < -0.39 is 10.8 Å². The number of aromatic nitrogens is 2. The second-order valence-corrected chi connectivity index (χ2v) is 5.17. The molecule has 0 radical (unpaired) electrons. The molecule has 1 amide bonds. The Bertz CT molecular complexity index is 746. The molecule has 8 heteroatoms. The molecule has 0 saturated carbocycles. The first-order valence-electron chi connectivity index (χ1n) is 6.91. The van der Waals surface area contributed by atoms with Crippen molar-refractivity contribution in [3.05, 3.63) is 57.5 Å². The fraction of sp³-hybridized carbons (Fsp3) is 0.267. The molecule has 8 nitrogen and oxygen atoms in total. The third-order valence-electron chi connectivity index (χ3n) is 3.07. The summed E-state index contributed by atoms with van der Waals surface area (Å²) in [5, 5.41) is 13.4. The van der Waals surface area contributed by atoms with Gasteiger partial charge in [0.2, 0.25) is 0 Å². The molecule has 23 heavy (non-hydrogen) atoms. The van der Waals surface area contributed by atoms with Crippen molar-refractivity contribution >= 4 is 17.4 Å². The molecule has 0 bridgehead atoms. The van der Waals surface area contributed by atoms with Crippen LogP contribution in [0.5, 0.6) is 0 Å². The van der Waals surface area contributed by atoms with E-state index in [-0.39, 0.29) is 17.8 Å². The summed E-state index contributed by atoms with van der Waals surface area (Å²) in [6.07, 6.45) is 0. The Labute approximate surface area is 133 Å². The summed E-state index contributed by atoms with van der Waals surface area (Å²) >= 11 is 0. The molecule has 0 spiro atoms. The molecule has 2 aromatic rings. The Hall–Kier alpha value is -3.03. The van der Waals surface area contributed by atoms with Crippen LogP contribution in [0.4, 0.5) is 11.5 Å². The van der Waals surface area contributed by atoms with Crippen LogP contribution in [0.25, 0.3) is 0 Å². The number of carbonyl (C=O) groups is 1. The number of aryl methyl sites for hydroxylation is 1. The molecule has 0 unspecified atom stereocenters. The molecule has 1 N–H and O–H groups in total. The van der Waals surface area contributed by atoms with Crippen LogP contribution in [-0.2, 0) is 6.54 Å². The van der Waals surface area contributed by atoms with Crippen molar-refractivity contribution in [2.75, 3.05) is 19.0 Å². The van der Waals surface area contributed by atoms with Gasteiger partial charge in [-0.1, -0.05) is 6.07 Å². The third-order valence-corrected chi connectivity index (χ3v) is 3.07. The highest BCUT2D eigenvalue weighted by Gasteiger charge is 2.12. The number of benzene rings is 1. The van der Waals surface area contributed by atoms with Crippen molar-refractivity contribution in [3.63, 3.8) is 0 Å². The van der Waals surface area contributed by atoms with Gasteiger partial charge in [0.25, 0.3) is 11.6 Å². The van der Waals surface area contributed by atoms with E-state index in [1.165, 1.54) is 24.3 Å². The molecule has 1 heterocycles. The maximum absolute atomic E-state index is 12.1. The lowest BCUT2D eigenvalue weighted by atomic mass is 10.2. The molecular formula is C15H17N5O3. The zero-order valence-electron chi connectivity index (χ0n) is 13.1. The van der Waals surface area contributed by atoms with Gasteiger partial charge < -0.3 is 10.2 Å². The number of nitrogens with one attached hydrogen (secondary N) is 1. The highest BCUT2D eigenvalue weighted by Crippen LogP contribution is 2.13. The Morgan fingerprint density at radius 2 is 2.04 bits per heavy atom. The lowest BCUT2D eigenvalue weighted by Gasteiger charge is -2.13. The van der Waals surface area contributed by atoms with Crippen LogP contribution < -0.4 is 10.2 Å². The van der Waals surface area contributed by atoms with E-state index in [0.717, 1.165) is 11.5 Å². The molecule has 1 aromatic heterocycles. The van der Waals surface area contributed by atoms with Gasteiger partial charge in [-0.05, 0) is 13.0 Å². The fourth-order valence-corrected chi connectivity index (χ4v) is 1.94. The number of rotatable bonds is 5. The van der Waals surface area contributed by atoms with E-state index in [4.69, 9.17) is 0 Å². The summed E-state index contributed by atoms with van der Waals surface area (Å²) in [5.74, 6) is 0.815. The Morgan fingerprint density at radius 1 is 1.30 bits per heavy atom. The molecule has 0 aliphatic heterocycles. The number of carbonyl (C=O) groups excluding carboxylic acids is 1. The Kier molecular flexibility index (Phi) is 4.85. The normalized spacial score (nSPS) is 10.2. The Morgan fingerprint density at radius 3 is 2.70 bits per heavy atom. The topological polar surface area (TPSA) is 101 Å². The minimum Gasteiger partial charge on any atom is -0.363 e. The van der Waals surface area contributed by atoms with E-state index in [2.05, 4.69) is 15.3 Å². The van der Waals surface area contributed by atoms with Crippen LogP contribution in [0.1, 0.15) is 21.9 Å². The van der Waals surface area contributed by atoms with Crippen LogP contribution in [0.15, 0.2) is 30.3 Å². The van der Waals surface area contributed by atoms with Crippen LogP contribution in [0, 0.1) is 17.0 Å². The number of nitro benzene ring substituents is 1. The highest BCUT2D eigenvalue weighted by molar-refractivity contribution is 5.94. The monoisotopic (exact) mass is 315 g/mol. The van der Waals surface area contributed by atoms with Gasteiger partial charge in [-0.3, -0.25) is 14.9 Å². The predicted molar refractivity (Wildman–Crippen MR) is 85.4 cm³/mol. The number of hydrogen-bond acceptors (Lipinski definition) is 6. The summed E-state index contributed by atoms with van der Waals surface area (Å²) in [6.45, 7) is 1.99. The first kappa shape index (κ1) is 16.3. The zero-order valence-corrected chi connectivity index (χ0v) is 13.1. The first-order chi connectivity index (χ1) is 10.9. The summed E-state index contributed by atoms with van der Waals surface area (Å²) in [4.78, 5) is 32.8. The van der Waals surface area contributed by atoms with E-state index in [0.29, 0.717) is 5.82 Å². The fourth-order valence-electron chi connectivity index (χ4n) is 1.94. The van der Waals surface area contributed by atoms with Gasteiger partial charge in [-0.2, -0.15) is 0 Å². The average Bonchev–Trinajstić information content (AvgIpc) is 2.52. The van der Waals surface area contributed by atoms with Crippen LogP contribution >= 0.6 is 0 Å². The zero-order chi connectivity index (χ0) is 17.0. The van der Waals surface area contributed by atoms with Crippen LogP contribution in [-0.4, -0.2) is 34.9 Å². The smallest absolute Gasteiger partial charge is 0.270 e. The molecule has 0 saturated heterocycles. The second-order valence-electron chi connectivity index (χ2n) is 5.17. The van der Waals surface area contributed by atoms with Crippen molar-refractivity contribution in [1.29, 1.82) is 0 Å². The number of anilines is 1. The average molecular weight is 315 g/mol. The van der Waals surface area contributed by atoms with E-state index >= 15 is 0 Å². The van der Waals surface area contributed by atoms with Gasteiger partial charge in [0.15, 0.2) is 0 Å². The molecule has 1 aromatic carbocycles. The van der Waals surface area contributed by atoms with Crippen LogP contribution in [0.3, 0.4) is 0 Å². The maximum Gasteiger partial charge on any atom is 0.270 e. The lowest BCUT2D eigenvalue weighted by molar-refractivity contribution is -0.384. The lowest BCUT2D eigenvalue weighted by Crippen LogP contribution is -2.24. The van der Waals surface area contributed by atoms with E-state index in [1.807, 2.05) is 32.0 Å². The molecule has 2 rings (SSSR count). The summed E-state index contributed by atoms with van der Waals surface area (Å²) in [6, 6.07) is 7.40. The third kappa shape index (κ3) is 4.22. The predicted octanol–water partition coefficient (Wildman–Crippen LogP) is 1.69. The maximum atomic E-state index is 12.1. The van der Waals surface area contributed by atoms with Gasteiger partial charge in [0.05, 0.1) is 11.5 Å². The number of nitro groups is 1. The minimum absolute atomic E-state index is 0.126. The van der Waals surface area contributed by atoms with Gasteiger partial charge in [-0.15, -0.1) is 0 Å². The number of amides is 1. The molecule has 0 atom stereocenters. The minimum atomic E-state index is -0.538. The van der Waals surface area contributed by atoms with Crippen molar-refractivity contribution in [3.8, 4) is 0 Å². The summed E-state index contributed by atoms with van der Waals surface area (Å²) in [5.41, 5.74) is 0.891. The van der Waals surface area contributed by atoms with Crippen molar-refractivity contribution < 1.29 is 9.72 Å². The summed E-state index contributed by atoms with van der Waals surface area (Å²) in [7, 11) is 3.74. The number of non-ortho nitro benzene ring substituents is 1. The largest absolute Gasteiger partial charge is 0.363 e. The van der Waals surface area contributed by atoms with Crippen molar-refractivity contribution in [1.82, 2.24) is 15.3 Å². The number of hydrogen-bond donors (Lipinski definition) is 1. The van der Waals surface area contributed by atoms with Crippen LogP contribution in [0.2, 0.25) is 0 Å². The summed E-state index contributed by atoms with van der Waals surface area (Å²) < 4.78 is 0. The first-order valence-corrected chi connectivity index (χ1v) is 6.91. The second kappa shape index (κ2) is 6.82. The molecule has 120 valence electrons. The molecular weight excluding hydrogens is 298 g/mol. The van der Waals surface area contributed by atoms with Gasteiger partial charge in [-0.25, -0.2) is 9.97 Å². The standard InChI is InChI=1S/C15H17N5O3/c1-10-7-14(19(2)3)18-13(17-10)9-16-15(21)11-5-4-6-12(8-11)20(22)23/h4-8H,9H2,1-3H3,(H,16,21). The molecule has 0 aliphatic carbocycles. The van der Waals surface area contributed by atoms with E-state index in [9.17, 15) is 14.9 Å². The van der Waals surface area contributed by atoms with Crippen molar-refractivity contribution in [2.45, 2.75) is 13.5 Å². The van der Waals surface area contributed by atoms with Gasteiger partial charge in [0, 0.05) is 43.6 Å². The Balaban J connectivity index is 2.10. The molecule has 0 fully saturated rings. The SMILES string of the molecule is Cc1cc(N(C)C)nc(CNC(=O)c2cccc([N+](=O)[O-])c2)n1. The van der Waals surface area contributed by atoms with E-state index in [1.54, 1.807) is 0 Å². The molecule has 0 aliphatic rings.